The SMILES string of the molecule is O=C(NN=Cc1cccc(OCc2ccccc2)c1)c1ccc(Br)o1. The number of furan rings is 1. The average Bonchev–Trinajstić information content (AvgIpc) is 3.08. The van der Waals surface area contributed by atoms with Crippen LogP contribution in [0.3, 0.4) is 0 Å². The number of carbonyl (C=O) groups excluding carboxylic acids is 1. The minimum absolute atomic E-state index is 0.184. The molecule has 0 saturated carbocycles. The van der Waals surface area contributed by atoms with Crippen molar-refractivity contribution in [2.24, 2.45) is 5.10 Å². The number of amides is 1. The minimum Gasteiger partial charge on any atom is -0.489 e. The van der Waals surface area contributed by atoms with E-state index in [0.29, 0.717) is 11.3 Å². The van der Waals surface area contributed by atoms with Gasteiger partial charge in [-0.25, -0.2) is 5.43 Å². The maximum Gasteiger partial charge on any atom is 0.307 e. The fourth-order valence-corrected chi connectivity index (χ4v) is 2.39. The summed E-state index contributed by atoms with van der Waals surface area (Å²) < 4.78 is 11.4. The molecule has 1 heterocycles. The van der Waals surface area contributed by atoms with Crippen LogP contribution in [0.2, 0.25) is 0 Å². The summed E-state index contributed by atoms with van der Waals surface area (Å²) in [6.45, 7) is 0.492. The third kappa shape index (κ3) is 5.06. The van der Waals surface area contributed by atoms with Crippen molar-refractivity contribution >= 4 is 28.1 Å². The molecule has 0 aliphatic heterocycles. The summed E-state index contributed by atoms with van der Waals surface area (Å²) in [6, 6.07) is 20.6. The van der Waals surface area contributed by atoms with Crippen LogP contribution in [0, 0.1) is 0 Å². The van der Waals surface area contributed by atoms with Crippen molar-refractivity contribution in [3.8, 4) is 5.75 Å². The van der Waals surface area contributed by atoms with Crippen molar-refractivity contribution in [2.75, 3.05) is 0 Å². The van der Waals surface area contributed by atoms with Gasteiger partial charge in [0.05, 0.1) is 6.21 Å². The van der Waals surface area contributed by atoms with E-state index in [-0.39, 0.29) is 5.76 Å². The normalized spacial score (nSPS) is 10.8. The zero-order valence-electron chi connectivity index (χ0n) is 13.2. The number of carbonyl (C=O) groups is 1. The van der Waals surface area contributed by atoms with Crippen molar-refractivity contribution in [1.29, 1.82) is 0 Å². The number of nitrogens with one attached hydrogen (secondary N) is 1. The number of hydrazone groups is 1. The fourth-order valence-electron chi connectivity index (χ4n) is 2.08. The van der Waals surface area contributed by atoms with Gasteiger partial charge in [0.25, 0.3) is 0 Å². The molecule has 5 nitrogen and oxygen atoms in total. The molecule has 1 N–H and O–H groups in total. The van der Waals surface area contributed by atoms with Gasteiger partial charge in [0.15, 0.2) is 10.4 Å². The third-order valence-electron chi connectivity index (χ3n) is 3.28. The molecule has 2 aromatic carbocycles. The van der Waals surface area contributed by atoms with Crippen LogP contribution in [0.1, 0.15) is 21.7 Å². The molecule has 1 aromatic heterocycles. The van der Waals surface area contributed by atoms with Crippen LogP contribution in [0.25, 0.3) is 0 Å². The Balaban J connectivity index is 1.56. The van der Waals surface area contributed by atoms with Gasteiger partial charge in [0, 0.05) is 0 Å². The van der Waals surface area contributed by atoms with Crippen molar-refractivity contribution < 1.29 is 13.9 Å². The van der Waals surface area contributed by atoms with E-state index in [1.54, 1.807) is 18.3 Å². The molecular weight excluding hydrogens is 384 g/mol. The maximum absolute atomic E-state index is 11.8. The summed E-state index contributed by atoms with van der Waals surface area (Å²) in [5.74, 6) is 0.497. The lowest BCUT2D eigenvalue weighted by molar-refractivity contribution is 0.0926. The van der Waals surface area contributed by atoms with Crippen LogP contribution in [0.5, 0.6) is 5.75 Å². The van der Waals surface area contributed by atoms with Gasteiger partial charge < -0.3 is 9.15 Å². The second-order valence-electron chi connectivity index (χ2n) is 5.15. The Morgan fingerprint density at radius 2 is 1.96 bits per heavy atom. The predicted molar refractivity (Wildman–Crippen MR) is 98.7 cm³/mol. The molecule has 0 fully saturated rings. The molecule has 25 heavy (non-hydrogen) atoms. The Kier molecular flexibility index (Phi) is 5.64. The van der Waals surface area contributed by atoms with E-state index < -0.39 is 5.91 Å². The summed E-state index contributed by atoms with van der Waals surface area (Å²) in [5, 5.41) is 3.93. The topological polar surface area (TPSA) is 63.8 Å². The summed E-state index contributed by atoms with van der Waals surface area (Å²) in [7, 11) is 0. The maximum atomic E-state index is 11.8. The van der Waals surface area contributed by atoms with Gasteiger partial charge >= 0.3 is 5.91 Å². The van der Waals surface area contributed by atoms with Crippen LogP contribution in [0.4, 0.5) is 0 Å². The molecule has 3 aromatic rings. The molecule has 0 bridgehead atoms. The molecule has 0 unspecified atom stereocenters. The Labute approximate surface area is 153 Å². The fraction of sp³-hybridized carbons (Fsp3) is 0.0526. The molecule has 126 valence electrons. The molecule has 0 atom stereocenters. The second kappa shape index (κ2) is 8.30. The van der Waals surface area contributed by atoms with Crippen molar-refractivity contribution in [3.63, 3.8) is 0 Å². The van der Waals surface area contributed by atoms with Gasteiger partial charge in [-0.2, -0.15) is 5.10 Å². The van der Waals surface area contributed by atoms with Crippen LogP contribution in [-0.2, 0) is 6.61 Å². The third-order valence-corrected chi connectivity index (χ3v) is 3.71. The van der Waals surface area contributed by atoms with Gasteiger partial charge in [-0.15, -0.1) is 0 Å². The molecule has 0 saturated heterocycles. The first-order valence-electron chi connectivity index (χ1n) is 7.56. The Bertz CT molecular complexity index is 875. The zero-order chi connectivity index (χ0) is 17.5. The monoisotopic (exact) mass is 398 g/mol. The second-order valence-corrected chi connectivity index (χ2v) is 5.93. The highest BCUT2D eigenvalue weighted by molar-refractivity contribution is 9.10. The number of ether oxygens (including phenoxy) is 1. The van der Waals surface area contributed by atoms with Crippen LogP contribution in [-0.4, -0.2) is 12.1 Å². The molecule has 0 spiro atoms. The number of nitrogens with zero attached hydrogens (tertiary/aromatic N) is 1. The van der Waals surface area contributed by atoms with E-state index in [1.165, 1.54) is 0 Å². The van der Waals surface area contributed by atoms with Gasteiger partial charge in [0.1, 0.15) is 12.4 Å². The number of hydrogen-bond donors (Lipinski definition) is 1. The quantitative estimate of drug-likeness (QED) is 0.494. The smallest absolute Gasteiger partial charge is 0.307 e. The first-order chi connectivity index (χ1) is 12.2. The largest absolute Gasteiger partial charge is 0.489 e. The van der Waals surface area contributed by atoms with Gasteiger partial charge in [-0.1, -0.05) is 42.5 Å². The average molecular weight is 399 g/mol. The Morgan fingerprint density at radius 1 is 1.12 bits per heavy atom. The van der Waals surface area contributed by atoms with Crippen LogP contribution < -0.4 is 10.2 Å². The summed E-state index contributed by atoms with van der Waals surface area (Å²) >= 11 is 3.15. The molecule has 3 rings (SSSR count). The van der Waals surface area contributed by atoms with E-state index in [0.717, 1.165) is 16.9 Å². The van der Waals surface area contributed by atoms with Crippen molar-refractivity contribution in [3.05, 3.63) is 88.3 Å². The number of hydrogen-bond acceptors (Lipinski definition) is 4. The molecule has 6 heteroatoms. The Hall–Kier alpha value is -2.86. The first kappa shape index (κ1) is 17.0. The summed E-state index contributed by atoms with van der Waals surface area (Å²) in [6.07, 6.45) is 1.55. The van der Waals surface area contributed by atoms with E-state index in [9.17, 15) is 4.79 Å². The van der Waals surface area contributed by atoms with Gasteiger partial charge in [-0.3, -0.25) is 4.79 Å². The number of benzene rings is 2. The highest BCUT2D eigenvalue weighted by Gasteiger charge is 2.08. The predicted octanol–water partition coefficient (Wildman–Crippen LogP) is 4.39. The summed E-state index contributed by atoms with van der Waals surface area (Å²) in [4.78, 5) is 11.8. The number of halogens is 1. The number of rotatable bonds is 6. The summed E-state index contributed by atoms with van der Waals surface area (Å²) in [5.41, 5.74) is 4.32. The highest BCUT2D eigenvalue weighted by Crippen LogP contribution is 2.15. The zero-order valence-corrected chi connectivity index (χ0v) is 14.8. The van der Waals surface area contributed by atoms with Crippen LogP contribution >= 0.6 is 15.9 Å². The molecule has 0 aliphatic rings. The van der Waals surface area contributed by atoms with Gasteiger partial charge in [0.2, 0.25) is 0 Å². The van der Waals surface area contributed by atoms with E-state index in [1.807, 2.05) is 54.6 Å². The molecule has 0 radical (unpaired) electrons. The minimum atomic E-state index is -0.418. The van der Waals surface area contributed by atoms with Gasteiger partial charge in [-0.05, 0) is 51.3 Å². The lowest BCUT2D eigenvalue weighted by Crippen LogP contribution is -2.16. The van der Waals surface area contributed by atoms with Crippen LogP contribution in [0.15, 0.2) is 80.9 Å². The molecule has 1 amide bonds. The standard InChI is InChI=1S/C19H15BrN2O3/c20-18-10-9-17(25-18)19(23)22-21-12-15-7-4-8-16(11-15)24-13-14-5-2-1-3-6-14/h1-12H,13H2,(H,22,23). The van der Waals surface area contributed by atoms with E-state index in [4.69, 9.17) is 9.15 Å². The highest BCUT2D eigenvalue weighted by atomic mass is 79.9. The first-order valence-corrected chi connectivity index (χ1v) is 8.35. The molecule has 0 aliphatic carbocycles. The van der Waals surface area contributed by atoms with Crippen molar-refractivity contribution in [1.82, 2.24) is 5.43 Å². The molecular formula is C19H15BrN2O3. The van der Waals surface area contributed by atoms with Crippen molar-refractivity contribution in [2.45, 2.75) is 6.61 Å². The lowest BCUT2D eigenvalue weighted by Gasteiger charge is -2.06. The Morgan fingerprint density at radius 3 is 2.72 bits per heavy atom. The van der Waals surface area contributed by atoms with E-state index in [2.05, 4.69) is 26.5 Å². The lowest BCUT2D eigenvalue weighted by atomic mass is 10.2. The van der Waals surface area contributed by atoms with E-state index >= 15 is 0 Å².